The summed E-state index contributed by atoms with van der Waals surface area (Å²) < 4.78 is 0. The van der Waals surface area contributed by atoms with Crippen molar-refractivity contribution >= 4 is 5.78 Å². The fourth-order valence-electron chi connectivity index (χ4n) is 2.12. The third-order valence-electron chi connectivity index (χ3n) is 2.93. The minimum Gasteiger partial charge on any atom is -0.299 e. The van der Waals surface area contributed by atoms with Crippen LogP contribution in [0.3, 0.4) is 0 Å². The minimum absolute atomic E-state index is 0.178. The quantitative estimate of drug-likeness (QED) is 0.543. The lowest BCUT2D eigenvalue weighted by Gasteiger charge is -2.34. The Morgan fingerprint density at radius 1 is 1.25 bits per heavy atom. The van der Waals surface area contributed by atoms with Crippen molar-refractivity contribution in [1.29, 1.82) is 0 Å². The van der Waals surface area contributed by atoms with Gasteiger partial charge in [0.15, 0.2) is 0 Å². The van der Waals surface area contributed by atoms with Gasteiger partial charge >= 0.3 is 0 Å². The third-order valence-corrected chi connectivity index (χ3v) is 2.93. The van der Waals surface area contributed by atoms with Crippen LogP contribution in [0.4, 0.5) is 0 Å². The molecule has 0 radical (unpaired) electrons. The van der Waals surface area contributed by atoms with E-state index in [1.807, 2.05) is 0 Å². The molecule has 1 fully saturated rings. The lowest BCUT2D eigenvalue weighted by atomic mass is 9.69. The molecule has 0 heterocycles. The molecule has 0 amide bonds. The second kappa shape index (κ2) is 3.20. The molecule has 0 bridgehead atoms. The molecule has 1 saturated carbocycles. The molecular formula is C11H20O. The van der Waals surface area contributed by atoms with Crippen LogP contribution in [0.1, 0.15) is 47.0 Å². The van der Waals surface area contributed by atoms with Crippen LogP contribution in [0, 0.1) is 17.3 Å². The first-order chi connectivity index (χ1) is 5.41. The molecule has 1 aliphatic rings. The molecule has 0 aliphatic heterocycles. The molecule has 0 unspecified atom stereocenters. The smallest absolute Gasteiger partial charge is 0.136 e. The van der Waals surface area contributed by atoms with Gasteiger partial charge in [-0.15, -0.1) is 0 Å². The monoisotopic (exact) mass is 168 g/mol. The summed E-state index contributed by atoms with van der Waals surface area (Å²) in [6, 6.07) is 0. The molecule has 1 rings (SSSR count). The van der Waals surface area contributed by atoms with Gasteiger partial charge in [-0.05, 0) is 24.2 Å². The number of ketones is 1. The van der Waals surface area contributed by atoms with Crippen molar-refractivity contribution in [2.75, 3.05) is 0 Å². The van der Waals surface area contributed by atoms with Crippen molar-refractivity contribution in [2.24, 2.45) is 17.3 Å². The highest BCUT2D eigenvalue weighted by molar-refractivity contribution is 5.82. The Kier molecular flexibility index (Phi) is 2.60. The van der Waals surface area contributed by atoms with E-state index in [0.29, 0.717) is 17.6 Å². The van der Waals surface area contributed by atoms with E-state index in [4.69, 9.17) is 0 Å². The van der Waals surface area contributed by atoms with Gasteiger partial charge in [0, 0.05) is 12.3 Å². The zero-order valence-electron chi connectivity index (χ0n) is 8.68. The van der Waals surface area contributed by atoms with E-state index in [1.54, 1.807) is 0 Å². The summed E-state index contributed by atoms with van der Waals surface area (Å²) in [6.07, 6.45) is 3.14. The summed E-state index contributed by atoms with van der Waals surface area (Å²) in [4.78, 5) is 11.7. The molecular weight excluding hydrogens is 148 g/mol. The van der Waals surface area contributed by atoms with Gasteiger partial charge in [-0.2, -0.15) is 0 Å². The Hall–Kier alpha value is -0.330. The Bertz CT molecular complexity index is 176. The van der Waals surface area contributed by atoms with Gasteiger partial charge in [0.2, 0.25) is 0 Å². The molecule has 0 aromatic carbocycles. The SMILES string of the molecule is C[C@@H]1CC[C@H](C(C)(C)C)C(=O)C1. The number of carbonyl (C=O) groups excluding carboxylic acids is 1. The summed E-state index contributed by atoms with van der Waals surface area (Å²) >= 11 is 0. The van der Waals surface area contributed by atoms with Crippen LogP contribution >= 0.6 is 0 Å². The average molecular weight is 168 g/mol. The van der Waals surface area contributed by atoms with Crippen molar-refractivity contribution < 1.29 is 4.79 Å². The predicted molar refractivity (Wildman–Crippen MR) is 51.0 cm³/mol. The first-order valence-corrected chi connectivity index (χ1v) is 4.94. The van der Waals surface area contributed by atoms with Gasteiger partial charge in [0.05, 0.1) is 0 Å². The van der Waals surface area contributed by atoms with Crippen LogP contribution in [0.15, 0.2) is 0 Å². The fraction of sp³-hybridized carbons (Fsp3) is 0.909. The topological polar surface area (TPSA) is 17.1 Å². The second-order valence-corrected chi connectivity index (χ2v) is 5.27. The molecule has 0 N–H and O–H groups in total. The fourth-order valence-corrected chi connectivity index (χ4v) is 2.12. The molecule has 2 atom stereocenters. The second-order valence-electron chi connectivity index (χ2n) is 5.27. The van der Waals surface area contributed by atoms with Gasteiger partial charge in [-0.1, -0.05) is 27.7 Å². The first kappa shape index (κ1) is 9.76. The Labute approximate surface area is 75.5 Å². The van der Waals surface area contributed by atoms with Gasteiger partial charge < -0.3 is 0 Å². The summed E-state index contributed by atoms with van der Waals surface area (Å²) in [7, 11) is 0. The molecule has 1 heteroatoms. The van der Waals surface area contributed by atoms with Gasteiger partial charge in [-0.3, -0.25) is 4.79 Å². The van der Waals surface area contributed by atoms with Crippen LogP contribution in [-0.2, 0) is 4.79 Å². The Morgan fingerprint density at radius 3 is 2.25 bits per heavy atom. The number of Topliss-reactive ketones (excluding diaryl/α,β-unsaturated/α-hetero) is 1. The van der Waals surface area contributed by atoms with Crippen molar-refractivity contribution in [3.8, 4) is 0 Å². The standard InChI is InChI=1S/C11H20O/c1-8-5-6-9(10(12)7-8)11(2,3)4/h8-9H,5-7H2,1-4H3/t8-,9+/m1/s1. The summed E-state index contributed by atoms with van der Waals surface area (Å²) in [5.74, 6) is 1.42. The first-order valence-electron chi connectivity index (χ1n) is 4.94. The van der Waals surface area contributed by atoms with Crippen LogP contribution in [0.2, 0.25) is 0 Å². The van der Waals surface area contributed by atoms with Gasteiger partial charge in [-0.25, -0.2) is 0 Å². The Morgan fingerprint density at radius 2 is 1.83 bits per heavy atom. The molecule has 0 aromatic heterocycles. The number of hydrogen-bond donors (Lipinski definition) is 0. The van der Waals surface area contributed by atoms with E-state index in [1.165, 1.54) is 6.42 Å². The third kappa shape index (κ3) is 2.09. The van der Waals surface area contributed by atoms with Crippen molar-refractivity contribution in [3.05, 3.63) is 0 Å². The van der Waals surface area contributed by atoms with E-state index in [0.717, 1.165) is 12.8 Å². The highest BCUT2D eigenvalue weighted by atomic mass is 16.1. The number of rotatable bonds is 0. The predicted octanol–water partition coefficient (Wildman–Crippen LogP) is 3.04. The average Bonchev–Trinajstić information content (AvgIpc) is 1.83. The molecule has 0 spiro atoms. The van der Waals surface area contributed by atoms with Gasteiger partial charge in [0.1, 0.15) is 5.78 Å². The van der Waals surface area contributed by atoms with E-state index >= 15 is 0 Å². The maximum atomic E-state index is 11.7. The van der Waals surface area contributed by atoms with E-state index in [9.17, 15) is 4.79 Å². The van der Waals surface area contributed by atoms with Crippen LogP contribution in [0.5, 0.6) is 0 Å². The van der Waals surface area contributed by atoms with E-state index in [2.05, 4.69) is 27.7 Å². The number of hydrogen-bond acceptors (Lipinski definition) is 1. The van der Waals surface area contributed by atoms with E-state index in [-0.39, 0.29) is 5.41 Å². The highest BCUT2D eigenvalue weighted by Crippen LogP contribution is 2.37. The Balaban J connectivity index is 2.63. The maximum Gasteiger partial charge on any atom is 0.136 e. The summed E-state index contributed by atoms with van der Waals surface area (Å²) in [5.41, 5.74) is 0.178. The van der Waals surface area contributed by atoms with Crippen molar-refractivity contribution in [2.45, 2.75) is 47.0 Å². The summed E-state index contributed by atoms with van der Waals surface area (Å²) in [5, 5.41) is 0. The largest absolute Gasteiger partial charge is 0.299 e. The zero-order valence-corrected chi connectivity index (χ0v) is 8.68. The van der Waals surface area contributed by atoms with Crippen LogP contribution in [0.25, 0.3) is 0 Å². The van der Waals surface area contributed by atoms with Crippen molar-refractivity contribution in [1.82, 2.24) is 0 Å². The molecule has 12 heavy (non-hydrogen) atoms. The van der Waals surface area contributed by atoms with Gasteiger partial charge in [0.25, 0.3) is 0 Å². The lowest BCUT2D eigenvalue weighted by molar-refractivity contribution is -0.129. The van der Waals surface area contributed by atoms with E-state index < -0.39 is 0 Å². The molecule has 70 valence electrons. The molecule has 0 saturated heterocycles. The molecule has 1 aliphatic carbocycles. The highest BCUT2D eigenvalue weighted by Gasteiger charge is 2.34. The van der Waals surface area contributed by atoms with Crippen LogP contribution in [-0.4, -0.2) is 5.78 Å². The number of carbonyl (C=O) groups is 1. The van der Waals surface area contributed by atoms with Crippen LogP contribution < -0.4 is 0 Å². The molecule has 1 nitrogen and oxygen atoms in total. The minimum atomic E-state index is 0.178. The zero-order chi connectivity index (χ0) is 9.35. The lowest BCUT2D eigenvalue weighted by Crippen LogP contribution is -2.33. The van der Waals surface area contributed by atoms with Crippen molar-refractivity contribution in [3.63, 3.8) is 0 Å². The summed E-state index contributed by atoms with van der Waals surface area (Å²) in [6.45, 7) is 8.69. The molecule has 0 aromatic rings. The maximum absolute atomic E-state index is 11.7. The normalized spacial score (nSPS) is 32.2.